The molecule has 38 heavy (non-hydrogen) atoms. The van der Waals surface area contributed by atoms with Gasteiger partial charge in [-0.3, -0.25) is 9.78 Å². The Morgan fingerprint density at radius 1 is 1.11 bits per heavy atom. The minimum Gasteiger partial charge on any atom is -0.497 e. The summed E-state index contributed by atoms with van der Waals surface area (Å²) in [6.07, 6.45) is 3.51. The van der Waals surface area contributed by atoms with Crippen molar-refractivity contribution < 1.29 is 18.3 Å². The van der Waals surface area contributed by atoms with Crippen LogP contribution < -0.4 is 20.9 Å². The monoisotopic (exact) mass is 518 g/mol. The third-order valence-corrected chi connectivity index (χ3v) is 6.20. The van der Waals surface area contributed by atoms with E-state index in [4.69, 9.17) is 9.72 Å². The average Bonchev–Trinajstić information content (AvgIpc) is 2.94. The van der Waals surface area contributed by atoms with Gasteiger partial charge in [-0.05, 0) is 42.0 Å². The Labute approximate surface area is 216 Å². The second kappa shape index (κ2) is 10.7. The van der Waals surface area contributed by atoms with Gasteiger partial charge < -0.3 is 20.3 Å². The zero-order valence-corrected chi connectivity index (χ0v) is 20.4. The van der Waals surface area contributed by atoms with Gasteiger partial charge >= 0.3 is 6.03 Å². The number of urea groups is 1. The molecule has 0 unspecified atom stereocenters. The Bertz CT molecular complexity index is 1530. The summed E-state index contributed by atoms with van der Waals surface area (Å²) in [6.45, 7) is 0.720. The fraction of sp³-hybridized carbons (Fsp3) is 0.185. The normalized spacial score (nSPS) is 12.6. The van der Waals surface area contributed by atoms with Crippen LogP contribution in [0.3, 0.4) is 0 Å². The quantitative estimate of drug-likeness (QED) is 0.398. The molecular formula is C27H24F2N6O3. The highest BCUT2D eigenvalue weighted by Crippen LogP contribution is 2.21. The number of anilines is 2. The number of hydrogen-bond acceptors (Lipinski definition) is 6. The van der Waals surface area contributed by atoms with E-state index in [0.29, 0.717) is 42.4 Å². The zero-order chi connectivity index (χ0) is 26.6. The molecule has 0 radical (unpaired) electrons. The van der Waals surface area contributed by atoms with Crippen LogP contribution in [0.15, 0.2) is 71.8 Å². The number of carbonyl (C=O) groups excluding carboxylic acids is 1. The van der Waals surface area contributed by atoms with E-state index in [1.165, 1.54) is 15.5 Å². The number of methoxy groups -OCH3 is 1. The molecule has 0 atom stereocenters. The van der Waals surface area contributed by atoms with Gasteiger partial charge in [-0.2, -0.15) is 0 Å². The molecule has 2 amide bonds. The number of ether oxygens (including phenoxy) is 1. The molecular weight excluding hydrogens is 494 g/mol. The zero-order valence-electron chi connectivity index (χ0n) is 20.4. The molecule has 1 aliphatic rings. The predicted octanol–water partition coefficient (Wildman–Crippen LogP) is 4.12. The number of benzene rings is 2. The molecule has 11 heteroatoms. The van der Waals surface area contributed by atoms with Gasteiger partial charge in [0.1, 0.15) is 5.75 Å². The highest BCUT2D eigenvalue weighted by atomic mass is 19.2. The van der Waals surface area contributed by atoms with Crippen molar-refractivity contribution in [2.75, 3.05) is 24.3 Å². The Kier molecular flexibility index (Phi) is 6.98. The number of hydrogen-bond donors (Lipinski definition) is 2. The molecule has 3 heterocycles. The van der Waals surface area contributed by atoms with Crippen LogP contribution in [0.2, 0.25) is 0 Å². The summed E-state index contributed by atoms with van der Waals surface area (Å²) in [5.41, 5.74) is 2.23. The third kappa shape index (κ3) is 5.17. The number of nitrogens with zero attached hydrogens (tertiary/aromatic N) is 4. The topological polar surface area (TPSA) is 101 Å². The molecule has 0 spiro atoms. The largest absolute Gasteiger partial charge is 0.497 e. The van der Waals surface area contributed by atoms with Crippen LogP contribution in [0, 0.1) is 11.6 Å². The molecule has 9 nitrogen and oxygen atoms in total. The fourth-order valence-corrected chi connectivity index (χ4v) is 4.19. The minimum atomic E-state index is -1.06. The highest BCUT2D eigenvalue weighted by Gasteiger charge is 2.27. The Hall–Kier alpha value is -4.80. The number of aromatic nitrogens is 3. The Morgan fingerprint density at radius 2 is 1.92 bits per heavy atom. The minimum absolute atomic E-state index is 0.00962. The lowest BCUT2D eigenvalue weighted by atomic mass is 10.1. The molecule has 1 aliphatic heterocycles. The number of halogens is 2. The van der Waals surface area contributed by atoms with Crippen molar-refractivity contribution >= 4 is 17.7 Å². The van der Waals surface area contributed by atoms with E-state index in [-0.39, 0.29) is 17.8 Å². The van der Waals surface area contributed by atoms with Gasteiger partial charge in [-0.25, -0.2) is 23.1 Å². The second-order valence-electron chi connectivity index (χ2n) is 8.64. The summed E-state index contributed by atoms with van der Waals surface area (Å²) < 4.78 is 33.4. The van der Waals surface area contributed by atoms with Crippen molar-refractivity contribution in [1.82, 2.24) is 19.4 Å². The van der Waals surface area contributed by atoms with Gasteiger partial charge in [0.05, 0.1) is 36.8 Å². The molecule has 194 valence electrons. The van der Waals surface area contributed by atoms with Gasteiger partial charge in [0, 0.05) is 37.5 Å². The first kappa shape index (κ1) is 24.9. The summed E-state index contributed by atoms with van der Waals surface area (Å²) in [5, 5.41) is 5.81. The van der Waals surface area contributed by atoms with Crippen molar-refractivity contribution in [2.45, 2.75) is 19.5 Å². The maximum Gasteiger partial charge on any atom is 0.322 e. The lowest BCUT2D eigenvalue weighted by Crippen LogP contribution is -2.43. The number of fused-ring (bicyclic) bond motifs is 1. The van der Waals surface area contributed by atoms with Crippen LogP contribution in [0.1, 0.15) is 16.8 Å². The molecule has 0 saturated carbocycles. The number of carbonyl (C=O) groups is 1. The Balaban J connectivity index is 1.42. The third-order valence-electron chi connectivity index (χ3n) is 6.20. The van der Waals surface area contributed by atoms with Crippen LogP contribution in [-0.2, 0) is 19.5 Å². The van der Waals surface area contributed by atoms with E-state index in [1.54, 1.807) is 31.6 Å². The summed E-state index contributed by atoms with van der Waals surface area (Å²) in [5.74, 6) is -0.971. The molecule has 4 aromatic rings. The van der Waals surface area contributed by atoms with Crippen LogP contribution in [0.4, 0.5) is 25.2 Å². The van der Waals surface area contributed by atoms with Crippen molar-refractivity contribution in [3.05, 3.63) is 106 Å². The molecule has 0 aliphatic carbocycles. The average molecular weight is 519 g/mol. The lowest BCUT2D eigenvalue weighted by Gasteiger charge is -2.29. The standard InChI is InChI=1S/C27H24F2N6O3/c1-38-20-7-4-17(5-8-20)14-31-26-33-24-10-12-34(27(37)32-18-6-9-22(28)23(29)13-18)16-21(24)25(36)35(26)19-3-2-11-30-15-19/h2-9,11,13,15H,10,12,14,16H2,1H3,(H,31,33)(H,32,37). The van der Waals surface area contributed by atoms with Crippen molar-refractivity contribution in [3.63, 3.8) is 0 Å². The van der Waals surface area contributed by atoms with Crippen LogP contribution in [0.5, 0.6) is 5.75 Å². The summed E-state index contributed by atoms with van der Waals surface area (Å²) in [7, 11) is 1.60. The smallest absolute Gasteiger partial charge is 0.322 e. The fourth-order valence-electron chi connectivity index (χ4n) is 4.19. The molecule has 2 aromatic carbocycles. The van der Waals surface area contributed by atoms with Gasteiger partial charge in [0.2, 0.25) is 5.95 Å². The van der Waals surface area contributed by atoms with Crippen LogP contribution >= 0.6 is 0 Å². The molecule has 0 fully saturated rings. The number of rotatable bonds is 6. The first-order chi connectivity index (χ1) is 18.4. The predicted molar refractivity (Wildman–Crippen MR) is 137 cm³/mol. The van der Waals surface area contributed by atoms with E-state index in [2.05, 4.69) is 15.6 Å². The van der Waals surface area contributed by atoms with Gasteiger partial charge in [-0.1, -0.05) is 12.1 Å². The second-order valence-corrected chi connectivity index (χ2v) is 8.64. The van der Waals surface area contributed by atoms with Gasteiger partial charge in [0.25, 0.3) is 5.56 Å². The van der Waals surface area contributed by atoms with Gasteiger partial charge in [0.15, 0.2) is 11.6 Å². The molecule has 0 bridgehead atoms. The molecule has 0 saturated heterocycles. The molecule has 2 aromatic heterocycles. The summed E-state index contributed by atoms with van der Waals surface area (Å²) in [6, 6.07) is 13.6. The van der Waals surface area contributed by atoms with Crippen molar-refractivity contribution in [1.29, 1.82) is 0 Å². The summed E-state index contributed by atoms with van der Waals surface area (Å²) in [4.78, 5) is 36.9. The maximum atomic E-state index is 13.7. The number of pyridine rings is 1. The van der Waals surface area contributed by atoms with E-state index in [9.17, 15) is 18.4 Å². The van der Waals surface area contributed by atoms with E-state index < -0.39 is 17.7 Å². The SMILES string of the molecule is COc1ccc(CNc2nc3c(c(=O)n2-c2cccnc2)CN(C(=O)Nc2ccc(F)c(F)c2)CC3)cc1. The first-order valence-electron chi connectivity index (χ1n) is 11.9. The lowest BCUT2D eigenvalue weighted by molar-refractivity contribution is 0.205. The Morgan fingerprint density at radius 3 is 2.63 bits per heavy atom. The molecule has 5 rings (SSSR count). The number of nitrogens with one attached hydrogen (secondary N) is 2. The van der Waals surface area contributed by atoms with E-state index >= 15 is 0 Å². The summed E-state index contributed by atoms with van der Waals surface area (Å²) >= 11 is 0. The molecule has 2 N–H and O–H groups in total. The van der Waals surface area contributed by atoms with Crippen LogP contribution in [0.25, 0.3) is 5.69 Å². The van der Waals surface area contributed by atoms with Gasteiger partial charge in [-0.15, -0.1) is 0 Å². The van der Waals surface area contributed by atoms with E-state index in [1.807, 2.05) is 24.3 Å². The first-order valence-corrected chi connectivity index (χ1v) is 11.9. The number of amides is 2. The van der Waals surface area contributed by atoms with E-state index in [0.717, 1.165) is 23.4 Å². The maximum absolute atomic E-state index is 13.7. The van der Waals surface area contributed by atoms with Crippen LogP contribution in [-0.4, -0.2) is 39.1 Å². The highest BCUT2D eigenvalue weighted by molar-refractivity contribution is 5.89. The van der Waals surface area contributed by atoms with Crippen molar-refractivity contribution in [3.8, 4) is 11.4 Å². The van der Waals surface area contributed by atoms with Crippen molar-refractivity contribution in [2.24, 2.45) is 0 Å².